The Hall–Kier alpha value is -2.13. The molecule has 0 aliphatic rings. The molecule has 2 heterocycles. The van der Waals surface area contributed by atoms with Crippen LogP contribution in [0, 0.1) is 0 Å². The van der Waals surface area contributed by atoms with Crippen molar-refractivity contribution in [2.75, 3.05) is 0 Å². The molecule has 0 aliphatic heterocycles. The van der Waals surface area contributed by atoms with Gasteiger partial charge in [-0.05, 0) is 22.9 Å². The Kier molecular flexibility index (Phi) is 3.07. The van der Waals surface area contributed by atoms with Gasteiger partial charge in [0, 0.05) is 12.4 Å². The number of fused-ring (bicyclic) bond motifs is 2. The summed E-state index contributed by atoms with van der Waals surface area (Å²) < 4.78 is 1.26. The van der Waals surface area contributed by atoms with Crippen LogP contribution in [-0.4, -0.2) is 9.97 Å². The zero-order valence-corrected chi connectivity index (χ0v) is 10.5. The minimum absolute atomic E-state index is 1.10. The molecule has 0 atom stereocenters. The predicted molar refractivity (Wildman–Crippen MR) is 77.9 cm³/mol. The Morgan fingerprint density at radius 3 is 2.22 bits per heavy atom. The third-order valence-corrected chi connectivity index (χ3v) is 3.52. The summed E-state index contributed by atoms with van der Waals surface area (Å²) in [6.07, 6.45) is 3.99. The zero-order valence-electron chi connectivity index (χ0n) is 9.71. The van der Waals surface area contributed by atoms with Gasteiger partial charge in [-0.25, -0.2) is 4.98 Å². The molecule has 4 rings (SSSR count). The second-order valence-corrected chi connectivity index (χ2v) is 4.79. The van der Waals surface area contributed by atoms with Crippen molar-refractivity contribution < 1.29 is 0 Å². The molecular formula is C15H12N2S. The van der Waals surface area contributed by atoms with Crippen LogP contribution in [0.2, 0.25) is 0 Å². The average Bonchev–Trinajstić information content (AvgIpc) is 3.08. The number of aromatic amines is 1. The lowest BCUT2D eigenvalue weighted by molar-refractivity contribution is 1.43. The fourth-order valence-electron chi connectivity index (χ4n) is 1.80. The van der Waals surface area contributed by atoms with Gasteiger partial charge in [-0.15, -0.1) is 11.3 Å². The highest BCUT2D eigenvalue weighted by molar-refractivity contribution is 7.16. The van der Waals surface area contributed by atoms with E-state index in [1.54, 1.807) is 11.3 Å². The topological polar surface area (TPSA) is 28.7 Å². The molecule has 0 aliphatic carbocycles. The van der Waals surface area contributed by atoms with Gasteiger partial charge in [0.2, 0.25) is 0 Å². The van der Waals surface area contributed by atoms with E-state index in [-0.39, 0.29) is 0 Å². The number of hydrogen-bond donors (Lipinski definition) is 1. The minimum Gasteiger partial charge on any atom is -0.366 e. The van der Waals surface area contributed by atoms with E-state index in [1.807, 2.05) is 48.2 Å². The molecule has 0 amide bonds. The number of para-hydroxylation sites is 1. The molecule has 4 aromatic rings. The highest BCUT2D eigenvalue weighted by atomic mass is 32.1. The van der Waals surface area contributed by atoms with E-state index in [2.05, 4.69) is 28.2 Å². The number of hydrogen-bond acceptors (Lipinski definition) is 2. The van der Waals surface area contributed by atoms with Gasteiger partial charge < -0.3 is 4.98 Å². The first-order valence-electron chi connectivity index (χ1n) is 5.73. The van der Waals surface area contributed by atoms with Crippen LogP contribution >= 0.6 is 11.3 Å². The average molecular weight is 252 g/mol. The molecule has 18 heavy (non-hydrogen) atoms. The predicted octanol–water partition coefficient (Wildman–Crippen LogP) is 4.46. The van der Waals surface area contributed by atoms with Gasteiger partial charge in [-0.3, -0.25) is 0 Å². The largest absolute Gasteiger partial charge is 0.366 e. The quantitative estimate of drug-likeness (QED) is 0.491. The SMILES string of the molecule is c1ccc2c[nH]cc2c1.c1ccc2scnc2c1. The molecule has 0 fully saturated rings. The van der Waals surface area contributed by atoms with E-state index >= 15 is 0 Å². The molecular weight excluding hydrogens is 240 g/mol. The summed E-state index contributed by atoms with van der Waals surface area (Å²) in [4.78, 5) is 7.17. The van der Waals surface area contributed by atoms with Gasteiger partial charge in [0.05, 0.1) is 15.7 Å². The second-order valence-electron chi connectivity index (χ2n) is 3.90. The van der Waals surface area contributed by atoms with Gasteiger partial charge in [-0.2, -0.15) is 0 Å². The van der Waals surface area contributed by atoms with Crippen LogP contribution in [0.3, 0.4) is 0 Å². The van der Waals surface area contributed by atoms with Crippen LogP contribution in [-0.2, 0) is 0 Å². The maximum atomic E-state index is 4.14. The highest BCUT2D eigenvalue weighted by Gasteiger charge is 1.89. The Morgan fingerprint density at radius 1 is 0.833 bits per heavy atom. The van der Waals surface area contributed by atoms with Gasteiger partial charge in [0.15, 0.2) is 0 Å². The summed E-state index contributed by atoms with van der Waals surface area (Å²) in [5.74, 6) is 0. The number of nitrogens with zero attached hydrogens (tertiary/aromatic N) is 1. The number of nitrogens with one attached hydrogen (secondary N) is 1. The van der Waals surface area contributed by atoms with Crippen molar-refractivity contribution in [1.29, 1.82) is 0 Å². The molecule has 3 heteroatoms. The molecule has 2 aromatic heterocycles. The molecule has 0 saturated carbocycles. The zero-order chi connectivity index (χ0) is 12.2. The molecule has 1 N–H and O–H groups in total. The van der Waals surface area contributed by atoms with Crippen molar-refractivity contribution >= 4 is 32.3 Å². The second kappa shape index (κ2) is 5.02. The van der Waals surface area contributed by atoms with E-state index in [4.69, 9.17) is 0 Å². The van der Waals surface area contributed by atoms with Crippen molar-refractivity contribution in [1.82, 2.24) is 9.97 Å². The third kappa shape index (κ3) is 2.26. The number of benzene rings is 2. The lowest BCUT2D eigenvalue weighted by atomic mass is 10.2. The molecule has 0 radical (unpaired) electrons. The lowest BCUT2D eigenvalue weighted by Gasteiger charge is -1.81. The number of H-pyrrole nitrogens is 1. The van der Waals surface area contributed by atoms with Crippen molar-refractivity contribution in [2.45, 2.75) is 0 Å². The highest BCUT2D eigenvalue weighted by Crippen LogP contribution is 2.15. The molecule has 2 aromatic carbocycles. The van der Waals surface area contributed by atoms with Crippen LogP contribution < -0.4 is 0 Å². The summed E-state index contributed by atoms with van der Waals surface area (Å²) in [5.41, 5.74) is 2.97. The first-order valence-corrected chi connectivity index (χ1v) is 6.61. The third-order valence-electron chi connectivity index (χ3n) is 2.71. The van der Waals surface area contributed by atoms with E-state index in [9.17, 15) is 0 Å². The maximum absolute atomic E-state index is 4.14. The van der Waals surface area contributed by atoms with E-state index < -0.39 is 0 Å². The Balaban J connectivity index is 0.000000111. The standard InChI is InChI=1S/C8H7N.C7H5NS/c1-2-4-8-6-9-5-7(8)3-1;1-2-4-7-6(3-1)8-5-9-7/h1-6,9H;1-5H. The Labute approximate surface area is 109 Å². The summed E-state index contributed by atoms with van der Waals surface area (Å²) in [5, 5.41) is 2.55. The fraction of sp³-hybridized carbons (Fsp3) is 0. The van der Waals surface area contributed by atoms with Gasteiger partial charge >= 0.3 is 0 Å². The molecule has 0 saturated heterocycles. The van der Waals surface area contributed by atoms with Crippen LogP contribution in [0.1, 0.15) is 0 Å². The Morgan fingerprint density at radius 2 is 1.50 bits per heavy atom. The normalized spacial score (nSPS) is 10.2. The fourth-order valence-corrected chi connectivity index (χ4v) is 2.48. The van der Waals surface area contributed by atoms with Crippen molar-refractivity contribution in [3.63, 3.8) is 0 Å². The van der Waals surface area contributed by atoms with Gasteiger partial charge in [0.25, 0.3) is 0 Å². The maximum Gasteiger partial charge on any atom is 0.0812 e. The number of rotatable bonds is 0. The van der Waals surface area contributed by atoms with Crippen molar-refractivity contribution in [3.05, 3.63) is 66.4 Å². The number of thiazole rings is 1. The molecule has 0 unspecified atom stereocenters. The van der Waals surface area contributed by atoms with E-state index in [0.29, 0.717) is 0 Å². The number of aromatic nitrogens is 2. The summed E-state index contributed by atoms with van der Waals surface area (Å²) >= 11 is 1.68. The van der Waals surface area contributed by atoms with Gasteiger partial charge in [-0.1, -0.05) is 36.4 Å². The van der Waals surface area contributed by atoms with Gasteiger partial charge in [0.1, 0.15) is 0 Å². The molecule has 0 bridgehead atoms. The van der Waals surface area contributed by atoms with Crippen molar-refractivity contribution in [3.8, 4) is 0 Å². The molecule has 0 spiro atoms. The summed E-state index contributed by atoms with van der Waals surface area (Å²) in [6, 6.07) is 16.4. The lowest BCUT2D eigenvalue weighted by Crippen LogP contribution is -1.61. The van der Waals surface area contributed by atoms with Crippen LogP contribution in [0.5, 0.6) is 0 Å². The molecule has 88 valence electrons. The summed E-state index contributed by atoms with van der Waals surface area (Å²) in [7, 11) is 0. The van der Waals surface area contributed by atoms with Crippen LogP contribution in [0.25, 0.3) is 21.0 Å². The van der Waals surface area contributed by atoms with Crippen molar-refractivity contribution in [2.24, 2.45) is 0 Å². The molecule has 2 nitrogen and oxygen atoms in total. The van der Waals surface area contributed by atoms with Crippen LogP contribution in [0.15, 0.2) is 66.4 Å². The van der Waals surface area contributed by atoms with E-state index in [1.165, 1.54) is 15.5 Å². The Bertz CT molecular complexity index is 628. The minimum atomic E-state index is 1.10. The smallest absolute Gasteiger partial charge is 0.0812 e. The van der Waals surface area contributed by atoms with E-state index in [0.717, 1.165) is 5.52 Å². The summed E-state index contributed by atoms with van der Waals surface area (Å²) in [6.45, 7) is 0. The first-order chi connectivity index (χ1) is 8.93. The van der Waals surface area contributed by atoms with Crippen LogP contribution in [0.4, 0.5) is 0 Å². The monoisotopic (exact) mass is 252 g/mol. The first kappa shape index (κ1) is 11.0.